The number of benzene rings is 1. The highest BCUT2D eigenvalue weighted by Gasteiger charge is 2.24. The van der Waals surface area contributed by atoms with Crippen LogP contribution in [0.3, 0.4) is 0 Å². The molecule has 3 rings (SSSR count). The van der Waals surface area contributed by atoms with E-state index in [0.717, 1.165) is 34.3 Å². The van der Waals surface area contributed by atoms with Crippen LogP contribution in [0.5, 0.6) is 5.75 Å². The van der Waals surface area contributed by atoms with Crippen molar-refractivity contribution in [3.63, 3.8) is 0 Å². The maximum atomic E-state index is 11.6. The van der Waals surface area contributed by atoms with Crippen LogP contribution in [-0.2, 0) is 20.7 Å². The first-order chi connectivity index (χ1) is 14.0. The summed E-state index contributed by atoms with van der Waals surface area (Å²) in [6.07, 6.45) is 4.09. The van der Waals surface area contributed by atoms with Gasteiger partial charge in [-0.15, -0.1) is 0 Å². The Bertz CT molecular complexity index is 881. The van der Waals surface area contributed by atoms with Crippen molar-refractivity contribution in [2.75, 3.05) is 20.5 Å². The summed E-state index contributed by atoms with van der Waals surface area (Å²) < 4.78 is 16.2. The third-order valence-electron chi connectivity index (χ3n) is 4.20. The van der Waals surface area contributed by atoms with Crippen molar-refractivity contribution in [3.8, 4) is 5.75 Å². The van der Waals surface area contributed by atoms with Gasteiger partial charge in [0.05, 0.1) is 17.6 Å². The Kier molecular flexibility index (Phi) is 7.40. The molecular weight excluding hydrogens is 392 g/mol. The molecule has 2 amide bonds. The van der Waals surface area contributed by atoms with E-state index in [9.17, 15) is 9.59 Å². The van der Waals surface area contributed by atoms with Crippen LogP contribution < -0.4 is 10.1 Å². The first-order valence-electron chi connectivity index (χ1n) is 9.08. The lowest BCUT2D eigenvalue weighted by atomic mass is 10.1. The van der Waals surface area contributed by atoms with Gasteiger partial charge in [-0.1, -0.05) is 18.2 Å². The summed E-state index contributed by atoms with van der Waals surface area (Å²) in [5.74, 6) is 0.364. The molecule has 1 N–H and O–H groups in total. The predicted molar refractivity (Wildman–Crippen MR) is 110 cm³/mol. The summed E-state index contributed by atoms with van der Waals surface area (Å²) in [6, 6.07) is 11.3. The van der Waals surface area contributed by atoms with Gasteiger partial charge in [-0.25, -0.2) is 0 Å². The molecule has 1 unspecified atom stereocenters. The molecule has 7 nitrogen and oxygen atoms in total. The van der Waals surface area contributed by atoms with Gasteiger partial charge < -0.3 is 14.2 Å². The highest BCUT2D eigenvalue weighted by molar-refractivity contribution is 8.18. The lowest BCUT2D eigenvalue weighted by Gasteiger charge is -2.12. The van der Waals surface area contributed by atoms with Gasteiger partial charge in [-0.2, -0.15) is 0 Å². The van der Waals surface area contributed by atoms with E-state index >= 15 is 0 Å². The topological polar surface area (TPSA) is 86.8 Å². The maximum Gasteiger partial charge on any atom is 0.290 e. The van der Waals surface area contributed by atoms with Gasteiger partial charge in [-0.3, -0.25) is 19.9 Å². The Morgan fingerprint density at radius 2 is 1.97 bits per heavy atom. The Hall–Kier alpha value is -2.68. The van der Waals surface area contributed by atoms with E-state index in [1.807, 2.05) is 43.3 Å². The van der Waals surface area contributed by atoms with Gasteiger partial charge in [-0.05, 0) is 54.1 Å². The fourth-order valence-corrected chi connectivity index (χ4v) is 3.28. The fraction of sp³-hybridized carbons (Fsp3) is 0.286. The number of hydrogen-bond donors (Lipinski definition) is 1. The van der Waals surface area contributed by atoms with Crippen LogP contribution in [0, 0.1) is 0 Å². The number of aromatic nitrogens is 1. The number of amides is 2. The lowest BCUT2D eigenvalue weighted by Crippen LogP contribution is -2.17. The van der Waals surface area contributed by atoms with E-state index in [2.05, 4.69) is 10.3 Å². The van der Waals surface area contributed by atoms with Crippen molar-refractivity contribution in [1.29, 1.82) is 0 Å². The molecule has 1 saturated heterocycles. The van der Waals surface area contributed by atoms with Crippen LogP contribution in [-0.4, -0.2) is 36.6 Å². The molecule has 152 valence electrons. The van der Waals surface area contributed by atoms with Gasteiger partial charge in [0.2, 0.25) is 0 Å². The zero-order valence-electron chi connectivity index (χ0n) is 16.2. The minimum atomic E-state index is -0.363. The SMILES string of the molecule is COCOC(C)c1ccc(CCOc2ccc(C=C3SC(=O)NC3=O)cc2)nc1. The summed E-state index contributed by atoms with van der Waals surface area (Å²) in [6.45, 7) is 2.69. The molecule has 0 aliphatic carbocycles. The summed E-state index contributed by atoms with van der Waals surface area (Å²) in [5, 5.41) is 1.89. The molecule has 2 aromatic rings. The summed E-state index contributed by atoms with van der Waals surface area (Å²) >= 11 is 0.900. The number of nitrogens with zero attached hydrogens (tertiary/aromatic N) is 1. The molecule has 0 bridgehead atoms. The van der Waals surface area contributed by atoms with E-state index < -0.39 is 0 Å². The number of pyridine rings is 1. The van der Waals surface area contributed by atoms with E-state index in [4.69, 9.17) is 14.2 Å². The van der Waals surface area contributed by atoms with Crippen molar-refractivity contribution >= 4 is 29.0 Å². The Morgan fingerprint density at radius 1 is 1.17 bits per heavy atom. The van der Waals surface area contributed by atoms with Crippen LogP contribution in [0.2, 0.25) is 0 Å². The van der Waals surface area contributed by atoms with Crippen molar-refractivity contribution < 1.29 is 23.8 Å². The first kappa shape index (κ1) is 21.0. The molecule has 0 spiro atoms. The Morgan fingerprint density at radius 3 is 2.59 bits per heavy atom. The normalized spacial score (nSPS) is 16.1. The molecule has 1 fully saturated rings. The van der Waals surface area contributed by atoms with Crippen molar-refractivity contribution in [3.05, 3.63) is 64.3 Å². The number of hydrogen-bond acceptors (Lipinski definition) is 7. The molecule has 29 heavy (non-hydrogen) atoms. The largest absolute Gasteiger partial charge is 0.493 e. The Balaban J connectivity index is 1.47. The molecule has 1 aromatic carbocycles. The van der Waals surface area contributed by atoms with E-state index in [-0.39, 0.29) is 24.0 Å². The van der Waals surface area contributed by atoms with E-state index in [1.165, 1.54) is 0 Å². The first-order valence-corrected chi connectivity index (χ1v) is 9.90. The number of carbonyl (C=O) groups is 2. The standard InChI is InChI=1S/C21H22N2O5S/c1-14(28-13-26-2)16-5-6-17(22-12-16)9-10-27-18-7-3-15(4-8-18)11-19-20(24)23-21(25)29-19/h3-8,11-12,14H,9-10,13H2,1-2H3,(H,23,24,25). The van der Waals surface area contributed by atoms with Crippen LogP contribution >= 0.6 is 11.8 Å². The zero-order valence-corrected chi connectivity index (χ0v) is 17.0. The minimum absolute atomic E-state index is 0.0759. The average Bonchev–Trinajstić information content (AvgIpc) is 3.04. The quantitative estimate of drug-likeness (QED) is 0.494. The minimum Gasteiger partial charge on any atom is -0.493 e. The maximum absolute atomic E-state index is 11.6. The molecular formula is C21H22N2O5S. The van der Waals surface area contributed by atoms with Crippen LogP contribution in [0.25, 0.3) is 6.08 Å². The van der Waals surface area contributed by atoms with Crippen LogP contribution in [0.1, 0.15) is 29.8 Å². The predicted octanol–water partition coefficient (Wildman–Crippen LogP) is 3.71. The molecule has 0 saturated carbocycles. The average molecular weight is 414 g/mol. The van der Waals surface area contributed by atoms with Gasteiger partial charge >= 0.3 is 0 Å². The molecule has 1 atom stereocenters. The van der Waals surface area contributed by atoms with Crippen molar-refractivity contribution in [2.45, 2.75) is 19.4 Å². The highest BCUT2D eigenvalue weighted by atomic mass is 32.2. The number of carbonyl (C=O) groups excluding carboxylic acids is 2. The number of methoxy groups -OCH3 is 1. The molecule has 1 aliphatic rings. The van der Waals surface area contributed by atoms with Gasteiger partial charge in [0, 0.05) is 25.4 Å². The monoisotopic (exact) mass is 414 g/mol. The number of ether oxygens (including phenoxy) is 3. The van der Waals surface area contributed by atoms with Crippen LogP contribution in [0.15, 0.2) is 47.5 Å². The number of rotatable bonds is 9. The zero-order chi connectivity index (χ0) is 20.6. The number of thioether (sulfide) groups is 1. The fourth-order valence-electron chi connectivity index (χ4n) is 2.60. The molecule has 2 heterocycles. The smallest absolute Gasteiger partial charge is 0.290 e. The summed E-state index contributed by atoms with van der Waals surface area (Å²) in [5.41, 5.74) is 2.75. The molecule has 1 aromatic heterocycles. The summed E-state index contributed by atoms with van der Waals surface area (Å²) in [4.78, 5) is 27.6. The van der Waals surface area contributed by atoms with Crippen molar-refractivity contribution in [1.82, 2.24) is 10.3 Å². The molecule has 0 radical (unpaired) electrons. The van der Waals surface area contributed by atoms with Crippen LogP contribution in [0.4, 0.5) is 4.79 Å². The molecule has 1 aliphatic heterocycles. The van der Waals surface area contributed by atoms with E-state index in [1.54, 1.807) is 19.4 Å². The molecule has 8 heteroatoms. The number of nitrogens with one attached hydrogen (secondary N) is 1. The third kappa shape index (κ3) is 6.15. The summed E-state index contributed by atoms with van der Waals surface area (Å²) in [7, 11) is 1.59. The van der Waals surface area contributed by atoms with E-state index in [0.29, 0.717) is 17.9 Å². The lowest BCUT2D eigenvalue weighted by molar-refractivity contribution is -0.115. The highest BCUT2D eigenvalue weighted by Crippen LogP contribution is 2.26. The Labute approximate surface area is 173 Å². The second kappa shape index (κ2) is 10.2. The van der Waals surface area contributed by atoms with Crippen molar-refractivity contribution in [2.24, 2.45) is 0 Å². The second-order valence-corrected chi connectivity index (χ2v) is 7.33. The number of imide groups is 1. The van der Waals surface area contributed by atoms with Gasteiger partial charge in [0.15, 0.2) is 0 Å². The van der Waals surface area contributed by atoms with Gasteiger partial charge in [0.25, 0.3) is 11.1 Å². The van der Waals surface area contributed by atoms with Gasteiger partial charge in [0.1, 0.15) is 12.5 Å². The second-order valence-electron chi connectivity index (χ2n) is 6.32. The third-order valence-corrected chi connectivity index (χ3v) is 5.01.